The number of rotatable bonds is 7. The SMILES string of the molecule is CC(Cc1ccc2c(c1)CCCN2)NCCCN1CCOCC1. The van der Waals surface area contributed by atoms with Gasteiger partial charge in [0, 0.05) is 31.4 Å². The Morgan fingerprint density at radius 3 is 3.04 bits per heavy atom. The molecule has 2 aliphatic rings. The Kier molecular flexibility index (Phi) is 6.31. The molecule has 128 valence electrons. The number of morpholine rings is 1. The van der Waals surface area contributed by atoms with Gasteiger partial charge < -0.3 is 15.4 Å². The zero-order valence-corrected chi connectivity index (χ0v) is 14.4. The first-order chi connectivity index (χ1) is 11.3. The molecule has 1 saturated heterocycles. The van der Waals surface area contributed by atoms with Gasteiger partial charge >= 0.3 is 0 Å². The van der Waals surface area contributed by atoms with Crippen LogP contribution in [0.25, 0.3) is 0 Å². The molecule has 0 saturated carbocycles. The van der Waals surface area contributed by atoms with E-state index in [0.717, 1.165) is 45.8 Å². The van der Waals surface area contributed by atoms with Crippen molar-refractivity contribution in [2.75, 3.05) is 51.3 Å². The average Bonchev–Trinajstić information content (AvgIpc) is 2.59. The van der Waals surface area contributed by atoms with Crippen molar-refractivity contribution >= 4 is 5.69 Å². The molecule has 0 bridgehead atoms. The fourth-order valence-corrected chi connectivity index (χ4v) is 3.56. The van der Waals surface area contributed by atoms with Gasteiger partial charge in [-0.3, -0.25) is 4.90 Å². The second-order valence-corrected chi connectivity index (χ2v) is 6.89. The van der Waals surface area contributed by atoms with Crippen molar-refractivity contribution < 1.29 is 4.74 Å². The van der Waals surface area contributed by atoms with Crippen LogP contribution in [0.2, 0.25) is 0 Å². The van der Waals surface area contributed by atoms with Crippen LogP contribution in [0.1, 0.15) is 30.9 Å². The average molecular weight is 317 g/mol. The molecule has 2 N–H and O–H groups in total. The second kappa shape index (κ2) is 8.67. The summed E-state index contributed by atoms with van der Waals surface area (Å²) < 4.78 is 5.39. The van der Waals surface area contributed by atoms with E-state index in [2.05, 4.69) is 40.7 Å². The first-order valence-electron chi connectivity index (χ1n) is 9.20. The zero-order chi connectivity index (χ0) is 15.9. The Hall–Kier alpha value is -1.10. The van der Waals surface area contributed by atoms with Gasteiger partial charge in [0.15, 0.2) is 0 Å². The Morgan fingerprint density at radius 1 is 1.30 bits per heavy atom. The first-order valence-corrected chi connectivity index (χ1v) is 9.20. The molecule has 23 heavy (non-hydrogen) atoms. The van der Waals surface area contributed by atoms with Crippen LogP contribution in [-0.2, 0) is 17.6 Å². The molecular weight excluding hydrogens is 286 g/mol. The predicted molar refractivity (Wildman–Crippen MR) is 96.3 cm³/mol. The third kappa shape index (κ3) is 5.20. The summed E-state index contributed by atoms with van der Waals surface area (Å²) in [6.45, 7) is 9.70. The smallest absolute Gasteiger partial charge is 0.0594 e. The molecule has 0 aliphatic carbocycles. The van der Waals surface area contributed by atoms with E-state index >= 15 is 0 Å². The van der Waals surface area contributed by atoms with Gasteiger partial charge in [0.25, 0.3) is 0 Å². The highest BCUT2D eigenvalue weighted by molar-refractivity contribution is 5.54. The minimum absolute atomic E-state index is 0.536. The fraction of sp³-hybridized carbons (Fsp3) is 0.684. The fourth-order valence-electron chi connectivity index (χ4n) is 3.56. The summed E-state index contributed by atoms with van der Waals surface area (Å²) in [5.74, 6) is 0. The molecule has 4 nitrogen and oxygen atoms in total. The van der Waals surface area contributed by atoms with Crippen LogP contribution in [0.5, 0.6) is 0 Å². The van der Waals surface area contributed by atoms with E-state index in [4.69, 9.17) is 4.74 Å². The summed E-state index contributed by atoms with van der Waals surface area (Å²) in [6.07, 6.45) is 4.81. The maximum absolute atomic E-state index is 5.39. The van der Waals surface area contributed by atoms with Crippen molar-refractivity contribution in [3.8, 4) is 0 Å². The van der Waals surface area contributed by atoms with Crippen molar-refractivity contribution in [1.29, 1.82) is 0 Å². The maximum Gasteiger partial charge on any atom is 0.0594 e. The van der Waals surface area contributed by atoms with Crippen molar-refractivity contribution in [2.45, 2.75) is 38.6 Å². The van der Waals surface area contributed by atoms with Gasteiger partial charge in [0.2, 0.25) is 0 Å². The molecule has 0 aromatic heterocycles. The Bertz CT molecular complexity index is 486. The molecule has 4 heteroatoms. The van der Waals surface area contributed by atoms with E-state index in [1.165, 1.54) is 42.6 Å². The lowest BCUT2D eigenvalue weighted by atomic mass is 9.98. The van der Waals surface area contributed by atoms with E-state index in [-0.39, 0.29) is 0 Å². The molecule has 1 fully saturated rings. The Labute approximate surface area is 140 Å². The van der Waals surface area contributed by atoms with Crippen molar-refractivity contribution in [3.05, 3.63) is 29.3 Å². The minimum Gasteiger partial charge on any atom is -0.385 e. The molecular formula is C19H31N3O. The van der Waals surface area contributed by atoms with Crippen LogP contribution in [0.4, 0.5) is 5.69 Å². The Morgan fingerprint density at radius 2 is 2.17 bits per heavy atom. The van der Waals surface area contributed by atoms with Crippen molar-refractivity contribution in [2.24, 2.45) is 0 Å². The highest BCUT2D eigenvalue weighted by atomic mass is 16.5. The highest BCUT2D eigenvalue weighted by Crippen LogP contribution is 2.23. The van der Waals surface area contributed by atoms with E-state index < -0.39 is 0 Å². The summed E-state index contributed by atoms with van der Waals surface area (Å²) in [7, 11) is 0. The number of aryl methyl sites for hydroxylation is 1. The summed E-state index contributed by atoms with van der Waals surface area (Å²) in [6, 6.07) is 7.47. The molecule has 0 amide bonds. The highest BCUT2D eigenvalue weighted by Gasteiger charge is 2.11. The van der Waals surface area contributed by atoms with Crippen LogP contribution >= 0.6 is 0 Å². The molecule has 1 aromatic rings. The second-order valence-electron chi connectivity index (χ2n) is 6.89. The molecule has 2 aliphatic heterocycles. The number of fused-ring (bicyclic) bond motifs is 1. The van der Waals surface area contributed by atoms with E-state index in [9.17, 15) is 0 Å². The van der Waals surface area contributed by atoms with Crippen LogP contribution < -0.4 is 10.6 Å². The number of ether oxygens (including phenoxy) is 1. The largest absolute Gasteiger partial charge is 0.385 e. The normalized spacial score (nSPS) is 19.9. The number of hydrogen-bond acceptors (Lipinski definition) is 4. The summed E-state index contributed by atoms with van der Waals surface area (Å²) >= 11 is 0. The summed E-state index contributed by atoms with van der Waals surface area (Å²) in [5.41, 5.74) is 4.29. The number of anilines is 1. The van der Waals surface area contributed by atoms with Gasteiger partial charge in [-0.05, 0) is 62.9 Å². The zero-order valence-electron chi connectivity index (χ0n) is 14.4. The van der Waals surface area contributed by atoms with Crippen LogP contribution in [0.3, 0.4) is 0 Å². The molecule has 1 unspecified atom stereocenters. The van der Waals surface area contributed by atoms with E-state index in [0.29, 0.717) is 6.04 Å². The predicted octanol–water partition coefficient (Wildman–Crippen LogP) is 2.29. The summed E-state index contributed by atoms with van der Waals surface area (Å²) in [5, 5.41) is 7.16. The van der Waals surface area contributed by atoms with Crippen LogP contribution in [0.15, 0.2) is 18.2 Å². The van der Waals surface area contributed by atoms with E-state index in [1.807, 2.05) is 0 Å². The third-order valence-corrected chi connectivity index (χ3v) is 4.90. The van der Waals surface area contributed by atoms with E-state index in [1.54, 1.807) is 0 Å². The van der Waals surface area contributed by atoms with Gasteiger partial charge in [-0.1, -0.05) is 12.1 Å². The number of benzene rings is 1. The molecule has 1 atom stereocenters. The number of nitrogens with one attached hydrogen (secondary N) is 2. The topological polar surface area (TPSA) is 36.5 Å². The minimum atomic E-state index is 0.536. The van der Waals surface area contributed by atoms with Gasteiger partial charge in [0.05, 0.1) is 13.2 Å². The molecule has 0 radical (unpaired) electrons. The first kappa shape index (κ1) is 16.7. The molecule has 0 spiro atoms. The molecule has 3 rings (SSSR count). The lowest BCUT2D eigenvalue weighted by Gasteiger charge is -2.26. The van der Waals surface area contributed by atoms with Crippen molar-refractivity contribution in [3.63, 3.8) is 0 Å². The van der Waals surface area contributed by atoms with Gasteiger partial charge in [-0.15, -0.1) is 0 Å². The molecule has 2 heterocycles. The quantitative estimate of drug-likeness (QED) is 0.757. The Balaban J connectivity index is 1.36. The van der Waals surface area contributed by atoms with Crippen LogP contribution in [0, 0.1) is 0 Å². The summed E-state index contributed by atoms with van der Waals surface area (Å²) in [4.78, 5) is 2.51. The lowest BCUT2D eigenvalue weighted by molar-refractivity contribution is 0.0374. The third-order valence-electron chi connectivity index (χ3n) is 4.90. The van der Waals surface area contributed by atoms with Crippen molar-refractivity contribution in [1.82, 2.24) is 10.2 Å². The van der Waals surface area contributed by atoms with Crippen LogP contribution in [-0.4, -0.2) is 56.9 Å². The lowest BCUT2D eigenvalue weighted by Crippen LogP contribution is -2.38. The number of hydrogen-bond donors (Lipinski definition) is 2. The van der Waals surface area contributed by atoms with Gasteiger partial charge in [-0.2, -0.15) is 0 Å². The number of nitrogens with zero attached hydrogens (tertiary/aromatic N) is 1. The monoisotopic (exact) mass is 317 g/mol. The maximum atomic E-state index is 5.39. The molecule has 1 aromatic carbocycles. The standard InChI is InChI=1S/C19H31N3O/c1-16(20-8-3-9-22-10-12-23-13-11-22)14-17-5-6-19-18(15-17)4-2-7-21-19/h5-6,15-16,20-21H,2-4,7-14H2,1H3. The van der Waals surface area contributed by atoms with Gasteiger partial charge in [0.1, 0.15) is 0 Å². The van der Waals surface area contributed by atoms with Gasteiger partial charge in [-0.25, -0.2) is 0 Å².